The first-order valence-electron chi connectivity index (χ1n) is 14.0. The van der Waals surface area contributed by atoms with E-state index in [-0.39, 0.29) is 22.7 Å². The minimum absolute atomic E-state index is 0.0863. The van der Waals surface area contributed by atoms with Crippen LogP contribution in [0.4, 0.5) is 31.0 Å². The second kappa shape index (κ2) is 13.0. The quantitative estimate of drug-likeness (QED) is 0.252. The van der Waals surface area contributed by atoms with Gasteiger partial charge in [-0.1, -0.05) is 13.3 Å². The van der Waals surface area contributed by atoms with Crippen LogP contribution in [-0.2, 0) is 4.74 Å². The molecule has 0 saturated carbocycles. The predicted molar refractivity (Wildman–Crippen MR) is 158 cm³/mol. The number of fused-ring (bicyclic) bond motifs is 1. The number of nitrogens with one attached hydrogen (secondary N) is 2. The molecule has 1 unspecified atom stereocenters. The van der Waals surface area contributed by atoms with Gasteiger partial charge in [-0.2, -0.15) is 0 Å². The fraction of sp³-hybridized carbons (Fsp3) is 0.367. The van der Waals surface area contributed by atoms with E-state index in [0.717, 1.165) is 50.9 Å². The van der Waals surface area contributed by atoms with Crippen LogP contribution >= 0.6 is 0 Å². The third kappa shape index (κ3) is 6.71. The van der Waals surface area contributed by atoms with Crippen LogP contribution in [0.5, 0.6) is 0 Å². The van der Waals surface area contributed by atoms with Gasteiger partial charge >= 0.3 is 6.09 Å². The minimum Gasteiger partial charge on any atom is -0.450 e. The predicted octanol–water partition coefficient (Wildman–Crippen LogP) is 5.45. The van der Waals surface area contributed by atoms with Gasteiger partial charge in [0.15, 0.2) is 5.82 Å². The number of alkyl carbamates (subject to hydrolysis) is 1. The molecular formula is C30H34F2N8O2. The summed E-state index contributed by atoms with van der Waals surface area (Å²) in [6.45, 7) is 7.89. The van der Waals surface area contributed by atoms with Crippen molar-refractivity contribution >= 4 is 34.4 Å². The van der Waals surface area contributed by atoms with Crippen LogP contribution in [0.2, 0.25) is 0 Å². The van der Waals surface area contributed by atoms with E-state index in [1.807, 2.05) is 19.1 Å². The maximum Gasteiger partial charge on any atom is 0.407 e. The summed E-state index contributed by atoms with van der Waals surface area (Å²) < 4.78 is 35.5. The highest BCUT2D eigenvalue weighted by molar-refractivity contribution is 5.88. The zero-order chi connectivity index (χ0) is 29.6. The second-order valence-corrected chi connectivity index (χ2v) is 10.3. The number of anilines is 3. The number of carbonyl (C=O) groups is 1. The first-order valence-corrected chi connectivity index (χ1v) is 14.0. The Balaban J connectivity index is 1.38. The number of likely N-dealkylation sites (N-methyl/N-ethyl adjacent to an activating group) is 1. The lowest BCUT2D eigenvalue weighted by atomic mass is 9.99. The van der Waals surface area contributed by atoms with E-state index in [4.69, 9.17) is 4.74 Å². The Bertz CT molecular complexity index is 1540. The average Bonchev–Trinajstić information content (AvgIpc) is 2.99. The Labute approximate surface area is 243 Å². The number of halogens is 2. The van der Waals surface area contributed by atoms with E-state index < -0.39 is 23.8 Å². The largest absolute Gasteiger partial charge is 0.450 e. The lowest BCUT2D eigenvalue weighted by Crippen LogP contribution is -2.44. The number of piperazine rings is 1. The smallest absolute Gasteiger partial charge is 0.407 e. The van der Waals surface area contributed by atoms with Crippen molar-refractivity contribution in [2.24, 2.45) is 0 Å². The maximum atomic E-state index is 15.3. The molecule has 12 heteroatoms. The third-order valence-electron chi connectivity index (χ3n) is 7.24. The molecule has 4 heterocycles. The molecule has 1 amide bonds. The summed E-state index contributed by atoms with van der Waals surface area (Å²) in [7, 11) is 2.10. The number of benzene rings is 1. The van der Waals surface area contributed by atoms with Gasteiger partial charge in [0.05, 0.1) is 30.7 Å². The van der Waals surface area contributed by atoms with Gasteiger partial charge in [-0.25, -0.2) is 28.5 Å². The number of nitrogens with zero attached hydrogens (tertiary/aromatic N) is 6. The van der Waals surface area contributed by atoms with Crippen molar-refractivity contribution in [3.8, 4) is 11.3 Å². The van der Waals surface area contributed by atoms with E-state index >= 15 is 8.78 Å². The van der Waals surface area contributed by atoms with Crippen molar-refractivity contribution in [1.29, 1.82) is 0 Å². The molecule has 42 heavy (non-hydrogen) atoms. The lowest BCUT2D eigenvalue weighted by molar-refractivity contribution is 0.141. The van der Waals surface area contributed by atoms with Gasteiger partial charge < -0.3 is 25.2 Å². The summed E-state index contributed by atoms with van der Waals surface area (Å²) in [6, 6.07) is 7.74. The molecule has 0 spiro atoms. The van der Waals surface area contributed by atoms with Crippen molar-refractivity contribution < 1.29 is 18.3 Å². The molecule has 1 aliphatic rings. The van der Waals surface area contributed by atoms with Crippen molar-refractivity contribution in [3.63, 3.8) is 0 Å². The second-order valence-electron chi connectivity index (χ2n) is 10.3. The zero-order valence-electron chi connectivity index (χ0n) is 23.9. The number of rotatable bonds is 9. The Hall–Kier alpha value is -4.45. The first-order chi connectivity index (χ1) is 20.3. The Morgan fingerprint density at radius 1 is 1.05 bits per heavy atom. The van der Waals surface area contributed by atoms with E-state index in [9.17, 15) is 4.79 Å². The first kappa shape index (κ1) is 29.1. The highest BCUT2D eigenvalue weighted by Crippen LogP contribution is 2.31. The van der Waals surface area contributed by atoms with Crippen LogP contribution in [0.1, 0.15) is 38.3 Å². The van der Waals surface area contributed by atoms with Crippen molar-refractivity contribution in [1.82, 2.24) is 30.2 Å². The van der Waals surface area contributed by atoms with Gasteiger partial charge in [-0.05, 0) is 56.3 Å². The molecule has 2 N–H and O–H groups in total. The Kier molecular flexibility index (Phi) is 9.01. The molecule has 1 saturated heterocycles. The Morgan fingerprint density at radius 3 is 2.60 bits per heavy atom. The van der Waals surface area contributed by atoms with Gasteiger partial charge in [0.1, 0.15) is 22.8 Å². The number of carbonyl (C=O) groups excluding carboxylic acids is 1. The van der Waals surface area contributed by atoms with Gasteiger partial charge in [-0.3, -0.25) is 4.98 Å². The molecule has 4 aromatic rings. The van der Waals surface area contributed by atoms with Crippen molar-refractivity contribution in [2.75, 3.05) is 50.1 Å². The minimum atomic E-state index is -0.714. The van der Waals surface area contributed by atoms with Crippen LogP contribution in [-0.4, -0.2) is 70.8 Å². The molecule has 0 aliphatic carbocycles. The van der Waals surface area contributed by atoms with Crippen molar-refractivity contribution in [2.45, 2.75) is 32.7 Å². The fourth-order valence-corrected chi connectivity index (χ4v) is 4.81. The molecule has 1 atom stereocenters. The number of aromatic nitrogens is 4. The molecule has 10 nitrogen and oxygen atoms in total. The summed E-state index contributed by atoms with van der Waals surface area (Å²) >= 11 is 0. The molecule has 3 aromatic heterocycles. The number of ether oxygens (including phenoxy) is 1. The van der Waals surface area contributed by atoms with Crippen LogP contribution < -0.4 is 15.5 Å². The zero-order valence-corrected chi connectivity index (χ0v) is 23.9. The highest BCUT2D eigenvalue weighted by Gasteiger charge is 2.19. The average molecular weight is 577 g/mol. The van der Waals surface area contributed by atoms with Gasteiger partial charge in [0, 0.05) is 43.3 Å². The van der Waals surface area contributed by atoms with Gasteiger partial charge in [-0.15, -0.1) is 0 Å². The molecule has 0 radical (unpaired) electrons. The Morgan fingerprint density at radius 2 is 1.86 bits per heavy atom. The number of amides is 1. The summed E-state index contributed by atoms with van der Waals surface area (Å²) in [6.07, 6.45) is 5.37. The molecule has 1 aromatic carbocycles. The number of pyridine rings is 2. The van der Waals surface area contributed by atoms with Crippen LogP contribution in [0.15, 0.2) is 48.9 Å². The van der Waals surface area contributed by atoms with E-state index in [2.05, 4.69) is 47.4 Å². The van der Waals surface area contributed by atoms with E-state index in [1.54, 1.807) is 25.3 Å². The van der Waals surface area contributed by atoms with Gasteiger partial charge in [0.2, 0.25) is 5.95 Å². The monoisotopic (exact) mass is 576 g/mol. The molecule has 5 rings (SSSR count). The number of hydrogen-bond donors (Lipinski definition) is 2. The lowest BCUT2D eigenvalue weighted by Gasteiger charge is -2.33. The summed E-state index contributed by atoms with van der Waals surface area (Å²) in [5.74, 6) is -0.750. The van der Waals surface area contributed by atoms with E-state index in [1.165, 1.54) is 12.3 Å². The summed E-state index contributed by atoms with van der Waals surface area (Å²) in [5, 5.41) is 6.19. The molecule has 0 bridgehead atoms. The normalized spacial score (nSPS) is 14.5. The molecular weight excluding hydrogens is 542 g/mol. The van der Waals surface area contributed by atoms with Gasteiger partial charge in [0.25, 0.3) is 0 Å². The van der Waals surface area contributed by atoms with Crippen LogP contribution in [0.3, 0.4) is 0 Å². The summed E-state index contributed by atoms with van der Waals surface area (Å²) in [5.41, 5.74) is 1.83. The van der Waals surface area contributed by atoms with Crippen LogP contribution in [0.25, 0.3) is 22.2 Å². The standard InChI is InChI=1S/C30H34F2N8O2/c1-4-5-14-42-30(41)36-19(2)22-8-9-33-28-23(22)15-20(16-24(28)31)27-25(32)18-35-29(38-27)37-26-7-6-21(17-34-26)40-12-10-39(3)11-13-40/h6-9,15-19H,4-5,10-14H2,1-3H3,(H,36,41)(H,34,35,37,38). The van der Waals surface area contributed by atoms with E-state index in [0.29, 0.717) is 23.4 Å². The molecule has 220 valence electrons. The number of unbranched alkanes of at least 4 members (excludes halogenated alkanes) is 1. The topological polar surface area (TPSA) is 108 Å². The fourth-order valence-electron chi connectivity index (χ4n) is 4.81. The molecule has 1 aliphatic heterocycles. The molecule has 1 fully saturated rings. The van der Waals surface area contributed by atoms with Crippen LogP contribution in [0, 0.1) is 11.6 Å². The third-order valence-corrected chi connectivity index (χ3v) is 7.24. The number of hydrogen-bond acceptors (Lipinski definition) is 9. The summed E-state index contributed by atoms with van der Waals surface area (Å²) in [4.78, 5) is 33.8. The maximum absolute atomic E-state index is 15.3. The SMILES string of the molecule is CCCCOC(=O)NC(C)c1ccnc2c(F)cc(-c3nc(Nc4ccc(N5CCN(C)CC5)cn4)ncc3F)cc12. The van der Waals surface area contributed by atoms with Crippen molar-refractivity contribution in [3.05, 3.63) is 66.1 Å². The highest BCUT2D eigenvalue weighted by atomic mass is 19.1.